The topological polar surface area (TPSA) is 140 Å². The van der Waals surface area contributed by atoms with Crippen LogP contribution in [0.3, 0.4) is 0 Å². The van der Waals surface area contributed by atoms with E-state index in [1.54, 1.807) is 6.92 Å². The highest BCUT2D eigenvalue weighted by atomic mass is 16.9. The van der Waals surface area contributed by atoms with E-state index in [1.807, 2.05) is 0 Å². The molecule has 0 saturated carbocycles. The maximum atomic E-state index is 12.6. The van der Waals surface area contributed by atoms with E-state index in [1.165, 1.54) is 14.2 Å². The van der Waals surface area contributed by atoms with Crippen LogP contribution < -0.4 is 0 Å². The van der Waals surface area contributed by atoms with Crippen molar-refractivity contribution >= 4 is 17.7 Å². The summed E-state index contributed by atoms with van der Waals surface area (Å²) in [6.07, 6.45) is 10.6. The fourth-order valence-electron chi connectivity index (χ4n) is 4.01. The molecule has 0 aromatic heterocycles. The van der Waals surface area contributed by atoms with Crippen LogP contribution in [0.25, 0.3) is 0 Å². The molecule has 0 heterocycles. The molecule has 210 valence electrons. The highest BCUT2D eigenvalue weighted by molar-refractivity contribution is 6.23. The van der Waals surface area contributed by atoms with E-state index >= 15 is 0 Å². The molecular formula is C26H41NO10. The van der Waals surface area contributed by atoms with Crippen LogP contribution in [0.15, 0.2) is 22.7 Å². The van der Waals surface area contributed by atoms with Gasteiger partial charge in [0.05, 0.1) is 34.0 Å². The molecule has 0 amide bonds. The normalized spacial score (nSPS) is 13.6. The van der Waals surface area contributed by atoms with E-state index in [0.29, 0.717) is 37.0 Å². The second kappa shape index (κ2) is 19.1. The predicted molar refractivity (Wildman–Crippen MR) is 134 cm³/mol. The standard InChI is InChI=1S/C26H41NO10/c1-20-21(23(29)25(34-3)24(33-2)22(20)28)16-12-8-6-4-5-7-9-13-17-35-26(30)36-18-14-10-11-15-19-37-27(31)32/h4-19H2,1-3H3. The van der Waals surface area contributed by atoms with Gasteiger partial charge in [-0.3, -0.25) is 9.59 Å². The number of carbonyl (C=O) groups excluding carboxylic acids is 3. The highest BCUT2D eigenvalue weighted by Gasteiger charge is 2.34. The van der Waals surface area contributed by atoms with Crippen molar-refractivity contribution in [3.05, 3.63) is 32.8 Å². The minimum Gasteiger partial charge on any atom is -0.489 e. The molecule has 0 atom stereocenters. The minimum atomic E-state index is -0.803. The van der Waals surface area contributed by atoms with Crippen LogP contribution >= 0.6 is 0 Å². The van der Waals surface area contributed by atoms with Gasteiger partial charge in [-0.1, -0.05) is 44.9 Å². The molecule has 0 radical (unpaired) electrons. The molecule has 11 heteroatoms. The summed E-state index contributed by atoms with van der Waals surface area (Å²) in [6, 6.07) is 0. The van der Waals surface area contributed by atoms with Gasteiger partial charge in [0.1, 0.15) is 0 Å². The van der Waals surface area contributed by atoms with Crippen LogP contribution in [-0.2, 0) is 33.4 Å². The Hall–Kier alpha value is -3.11. The Labute approximate surface area is 218 Å². The van der Waals surface area contributed by atoms with Crippen LogP contribution in [0.1, 0.15) is 90.4 Å². The number of carbonyl (C=O) groups is 3. The van der Waals surface area contributed by atoms with Crippen LogP contribution in [0, 0.1) is 10.1 Å². The third-order valence-corrected chi connectivity index (χ3v) is 6.09. The van der Waals surface area contributed by atoms with Crippen LogP contribution in [0.5, 0.6) is 0 Å². The summed E-state index contributed by atoms with van der Waals surface area (Å²) < 4.78 is 20.2. The first-order valence-corrected chi connectivity index (χ1v) is 13.0. The third-order valence-electron chi connectivity index (χ3n) is 6.09. The van der Waals surface area contributed by atoms with Gasteiger partial charge in [0.15, 0.2) is 0 Å². The third kappa shape index (κ3) is 12.6. The zero-order valence-corrected chi connectivity index (χ0v) is 22.3. The van der Waals surface area contributed by atoms with E-state index < -0.39 is 11.2 Å². The van der Waals surface area contributed by atoms with Gasteiger partial charge >= 0.3 is 6.16 Å². The summed E-state index contributed by atoms with van der Waals surface area (Å²) in [7, 11) is 2.72. The van der Waals surface area contributed by atoms with Crippen molar-refractivity contribution in [1.29, 1.82) is 0 Å². The quantitative estimate of drug-likeness (QED) is 0.0627. The number of Topliss-reactive ketones (excluding diaryl/α,β-unsaturated/α-hetero) is 2. The predicted octanol–water partition coefficient (Wildman–Crippen LogP) is 5.39. The lowest BCUT2D eigenvalue weighted by Gasteiger charge is -2.20. The summed E-state index contributed by atoms with van der Waals surface area (Å²) in [5.74, 6) is -0.592. The molecule has 1 aliphatic carbocycles. The SMILES string of the molecule is COC1=C(OC)C(=O)C(CCCCCCCCCCOC(=O)OCCCCCCO[N+](=O)[O-])=C(C)C1=O. The van der Waals surface area contributed by atoms with E-state index in [4.69, 9.17) is 18.9 Å². The van der Waals surface area contributed by atoms with Gasteiger partial charge in [0.25, 0.3) is 5.09 Å². The van der Waals surface area contributed by atoms with Crippen molar-refractivity contribution in [2.75, 3.05) is 34.0 Å². The maximum Gasteiger partial charge on any atom is 0.508 e. The summed E-state index contributed by atoms with van der Waals surface area (Å²) in [5.41, 5.74) is 0.952. The molecule has 0 spiro atoms. The lowest BCUT2D eigenvalue weighted by atomic mass is 9.89. The van der Waals surface area contributed by atoms with E-state index in [2.05, 4.69) is 4.84 Å². The first-order valence-electron chi connectivity index (χ1n) is 13.0. The average molecular weight is 528 g/mol. The Balaban J connectivity index is 1.99. The molecule has 0 N–H and O–H groups in total. The Kier molecular flexibility index (Phi) is 16.4. The zero-order chi connectivity index (χ0) is 27.5. The fraction of sp³-hybridized carbons (Fsp3) is 0.731. The molecule has 0 aromatic carbocycles. The Morgan fingerprint density at radius 3 is 1.62 bits per heavy atom. The van der Waals surface area contributed by atoms with Crippen molar-refractivity contribution in [2.24, 2.45) is 0 Å². The Bertz CT molecular complexity index is 818. The lowest BCUT2D eigenvalue weighted by molar-refractivity contribution is -0.757. The average Bonchev–Trinajstić information content (AvgIpc) is 2.87. The van der Waals surface area contributed by atoms with Crippen LogP contribution in [0.4, 0.5) is 4.79 Å². The number of rotatable bonds is 21. The Morgan fingerprint density at radius 1 is 0.703 bits per heavy atom. The monoisotopic (exact) mass is 527 g/mol. The number of ether oxygens (including phenoxy) is 4. The van der Waals surface area contributed by atoms with Crippen LogP contribution in [0.2, 0.25) is 0 Å². The number of ketones is 2. The molecule has 37 heavy (non-hydrogen) atoms. The first kappa shape index (κ1) is 31.9. The molecule has 0 bridgehead atoms. The molecule has 0 unspecified atom stereocenters. The largest absolute Gasteiger partial charge is 0.508 e. The smallest absolute Gasteiger partial charge is 0.489 e. The van der Waals surface area contributed by atoms with Gasteiger partial charge in [-0.05, 0) is 45.4 Å². The highest BCUT2D eigenvalue weighted by Crippen LogP contribution is 2.28. The summed E-state index contributed by atoms with van der Waals surface area (Å²) in [5, 5.41) is 9.20. The first-order chi connectivity index (χ1) is 17.8. The van der Waals surface area contributed by atoms with Crippen LogP contribution in [-0.4, -0.2) is 56.8 Å². The number of methoxy groups -OCH3 is 2. The minimum absolute atomic E-state index is 0.0133. The Morgan fingerprint density at radius 2 is 1.14 bits per heavy atom. The number of hydrogen-bond donors (Lipinski definition) is 0. The molecule has 1 aliphatic rings. The second-order valence-corrected chi connectivity index (χ2v) is 8.82. The van der Waals surface area contributed by atoms with Gasteiger partial charge in [-0.25, -0.2) is 4.79 Å². The number of nitrogens with zero attached hydrogens (tertiary/aromatic N) is 1. The van der Waals surface area contributed by atoms with Crippen molar-refractivity contribution < 1.29 is 43.3 Å². The number of hydrogen-bond acceptors (Lipinski definition) is 10. The van der Waals surface area contributed by atoms with E-state index in [0.717, 1.165) is 64.2 Å². The molecule has 0 aromatic rings. The van der Waals surface area contributed by atoms with E-state index in [-0.39, 0.29) is 36.3 Å². The van der Waals surface area contributed by atoms with Gasteiger partial charge in [-0.2, -0.15) is 0 Å². The van der Waals surface area contributed by atoms with Crippen molar-refractivity contribution in [3.8, 4) is 0 Å². The lowest BCUT2D eigenvalue weighted by Crippen LogP contribution is -2.25. The molecule has 0 fully saturated rings. The van der Waals surface area contributed by atoms with Gasteiger partial charge in [0.2, 0.25) is 23.1 Å². The zero-order valence-electron chi connectivity index (χ0n) is 22.3. The molecule has 1 rings (SSSR count). The van der Waals surface area contributed by atoms with Crippen molar-refractivity contribution in [1.82, 2.24) is 0 Å². The second-order valence-electron chi connectivity index (χ2n) is 8.82. The summed E-state index contributed by atoms with van der Waals surface area (Å²) in [6.45, 7) is 2.35. The molecule has 11 nitrogen and oxygen atoms in total. The maximum absolute atomic E-state index is 12.6. The van der Waals surface area contributed by atoms with Crippen molar-refractivity contribution in [2.45, 2.75) is 90.4 Å². The van der Waals surface area contributed by atoms with E-state index in [9.17, 15) is 24.5 Å². The fourth-order valence-corrected chi connectivity index (χ4v) is 4.01. The number of unbranched alkanes of at least 4 members (excludes halogenated alkanes) is 10. The number of allylic oxidation sites excluding steroid dienone is 2. The molecular weight excluding hydrogens is 486 g/mol. The van der Waals surface area contributed by atoms with Gasteiger partial charge in [0, 0.05) is 11.1 Å². The summed E-state index contributed by atoms with van der Waals surface area (Å²) >= 11 is 0. The molecule has 0 aliphatic heterocycles. The van der Waals surface area contributed by atoms with Crippen molar-refractivity contribution in [3.63, 3.8) is 0 Å². The molecule has 0 saturated heterocycles. The summed E-state index contributed by atoms with van der Waals surface area (Å²) in [4.78, 5) is 50.8. The van der Waals surface area contributed by atoms with Gasteiger partial charge in [-0.15, -0.1) is 10.1 Å². The van der Waals surface area contributed by atoms with Gasteiger partial charge < -0.3 is 23.8 Å².